The molecule has 0 saturated heterocycles. The zero-order valence-electron chi connectivity index (χ0n) is 33.4. The molecule has 2 aliphatic rings. The van der Waals surface area contributed by atoms with E-state index < -0.39 is 5.41 Å². The van der Waals surface area contributed by atoms with Crippen molar-refractivity contribution >= 4 is 40.2 Å². The third kappa shape index (κ3) is 5.48. The predicted molar refractivity (Wildman–Crippen MR) is 253 cm³/mol. The number of fused-ring (bicyclic) bond motifs is 10. The fraction of sp³-hybridized carbons (Fsp3) is 0.0172. The number of rotatable bonds is 6. The maximum atomic E-state index is 5.15. The quantitative estimate of drug-likeness (QED) is 0.168. The van der Waals surface area contributed by atoms with E-state index in [1.807, 2.05) is 0 Å². The minimum atomic E-state index is -0.590. The molecule has 1 spiro atoms. The van der Waals surface area contributed by atoms with Crippen molar-refractivity contribution in [2.24, 2.45) is 0 Å². The molecule has 3 heteroatoms. The van der Waals surface area contributed by atoms with Gasteiger partial charge in [-0.1, -0.05) is 170 Å². The highest BCUT2D eigenvalue weighted by Gasteiger charge is 2.48. The normalized spacial score (nSPS) is 13.0. The summed E-state index contributed by atoms with van der Waals surface area (Å²) in [7, 11) is 0. The largest absolute Gasteiger partial charge is 0.310 e. The van der Waals surface area contributed by atoms with Gasteiger partial charge in [0.15, 0.2) is 0 Å². The summed E-state index contributed by atoms with van der Waals surface area (Å²) < 4.78 is 2.26. The van der Waals surface area contributed by atoms with Crippen LogP contribution < -0.4 is 4.90 Å². The Morgan fingerprint density at radius 1 is 0.377 bits per heavy atom. The van der Waals surface area contributed by atoms with E-state index in [2.05, 4.69) is 246 Å². The van der Waals surface area contributed by atoms with E-state index in [0.29, 0.717) is 0 Å². The van der Waals surface area contributed by atoms with Crippen LogP contribution in [0.5, 0.6) is 0 Å². The molecule has 1 aromatic heterocycles. The average Bonchev–Trinajstić information content (AvgIpc) is 3.82. The third-order valence-corrected chi connectivity index (χ3v) is 12.6. The molecule has 9 aromatic carbocycles. The highest BCUT2D eigenvalue weighted by molar-refractivity contribution is 5.93. The van der Waals surface area contributed by atoms with Crippen LogP contribution in [-0.4, -0.2) is 9.55 Å². The van der Waals surface area contributed by atoms with Crippen LogP contribution in [0, 0.1) is 0 Å². The van der Waals surface area contributed by atoms with Gasteiger partial charge >= 0.3 is 0 Å². The molecular weight excluding hydrogens is 739 g/mol. The molecule has 0 bridgehead atoms. The van der Waals surface area contributed by atoms with Crippen molar-refractivity contribution < 1.29 is 0 Å². The summed E-state index contributed by atoms with van der Waals surface area (Å²) in [4.78, 5) is 7.53. The van der Waals surface area contributed by atoms with Gasteiger partial charge in [0.25, 0.3) is 0 Å². The summed E-state index contributed by atoms with van der Waals surface area (Å²) in [6.07, 6.45) is 4.64. The Bertz CT molecular complexity index is 3200. The SMILES string of the molecule is C1=Cc2ccc(N(c3ccccc3)c3ccccc3)cc2C2(c3cc(-c4ccc(-c5nc6ccccc6n5-c5ccccc5)cc4)ccc31)c1ccccc1-c1ccccc12. The van der Waals surface area contributed by atoms with E-state index in [1.54, 1.807) is 0 Å². The number of imidazole rings is 1. The highest BCUT2D eigenvalue weighted by Crippen LogP contribution is 2.59. The van der Waals surface area contributed by atoms with Crippen molar-refractivity contribution in [3.8, 4) is 39.3 Å². The Morgan fingerprint density at radius 3 is 1.54 bits per heavy atom. The van der Waals surface area contributed by atoms with Crippen LogP contribution in [0.25, 0.3) is 62.5 Å². The molecule has 2 aliphatic carbocycles. The maximum absolute atomic E-state index is 5.15. The summed E-state index contributed by atoms with van der Waals surface area (Å²) in [6, 6.07) is 81.5. The molecule has 0 radical (unpaired) electrons. The van der Waals surface area contributed by atoms with Gasteiger partial charge in [-0.25, -0.2) is 4.98 Å². The van der Waals surface area contributed by atoms with Gasteiger partial charge in [0.1, 0.15) is 5.82 Å². The van der Waals surface area contributed by atoms with Crippen LogP contribution in [0.4, 0.5) is 17.1 Å². The molecule has 0 atom stereocenters. The number of hydrogen-bond acceptors (Lipinski definition) is 2. The van der Waals surface area contributed by atoms with Gasteiger partial charge in [0.2, 0.25) is 0 Å². The van der Waals surface area contributed by atoms with Crippen LogP contribution in [0.15, 0.2) is 224 Å². The molecule has 1 heterocycles. The molecule has 12 rings (SSSR count). The number of anilines is 3. The van der Waals surface area contributed by atoms with E-state index in [-0.39, 0.29) is 0 Å². The van der Waals surface area contributed by atoms with Crippen molar-refractivity contribution in [3.05, 3.63) is 258 Å². The van der Waals surface area contributed by atoms with Gasteiger partial charge < -0.3 is 4.90 Å². The molecule has 0 N–H and O–H groups in total. The van der Waals surface area contributed by atoms with Gasteiger partial charge in [0, 0.05) is 28.3 Å². The fourth-order valence-electron chi connectivity index (χ4n) is 9.97. The van der Waals surface area contributed by atoms with E-state index in [4.69, 9.17) is 4.98 Å². The Kier molecular flexibility index (Phi) is 8.07. The molecule has 3 nitrogen and oxygen atoms in total. The first-order valence-corrected chi connectivity index (χ1v) is 21.0. The molecular formula is C58H39N3. The Hall–Kier alpha value is -8.01. The van der Waals surface area contributed by atoms with Crippen molar-refractivity contribution in [3.63, 3.8) is 0 Å². The van der Waals surface area contributed by atoms with Crippen LogP contribution in [-0.2, 0) is 5.41 Å². The zero-order valence-corrected chi connectivity index (χ0v) is 33.4. The summed E-state index contributed by atoms with van der Waals surface area (Å²) in [5.41, 5.74) is 19.4. The lowest BCUT2D eigenvalue weighted by molar-refractivity contribution is 0.766. The Morgan fingerprint density at radius 2 is 0.885 bits per heavy atom. The number of nitrogens with zero attached hydrogens (tertiary/aromatic N) is 3. The van der Waals surface area contributed by atoms with Gasteiger partial charge in [0.05, 0.1) is 16.4 Å². The molecule has 286 valence electrons. The first kappa shape index (κ1) is 35.0. The van der Waals surface area contributed by atoms with Crippen LogP contribution in [0.3, 0.4) is 0 Å². The van der Waals surface area contributed by atoms with Gasteiger partial charge in [-0.15, -0.1) is 0 Å². The Balaban J connectivity index is 1.06. The molecule has 0 unspecified atom stereocenters. The second-order valence-corrected chi connectivity index (χ2v) is 15.9. The summed E-state index contributed by atoms with van der Waals surface area (Å²) in [5, 5.41) is 0. The average molecular weight is 778 g/mol. The number of aromatic nitrogens is 2. The molecule has 0 amide bonds. The van der Waals surface area contributed by atoms with E-state index in [1.165, 1.54) is 50.1 Å². The van der Waals surface area contributed by atoms with Crippen molar-refractivity contribution in [2.45, 2.75) is 5.41 Å². The third-order valence-electron chi connectivity index (χ3n) is 12.6. The second kappa shape index (κ2) is 14.1. The smallest absolute Gasteiger partial charge is 0.145 e. The molecule has 0 saturated carbocycles. The standard InChI is InChI=1S/C58H39N3/c1-4-16-45(17-5-1)60(46-18-6-2-7-19-46)48-37-36-42-31-30-41-32-35-44(38-53(41)58(54(42)39-48)51-24-12-10-22-49(51)50-23-11-13-25-52(50)58)40-28-33-43(34-29-40)57-59-55-26-14-15-27-56(55)61(57)47-20-8-3-9-21-47/h1-39H. The topological polar surface area (TPSA) is 21.1 Å². The van der Waals surface area contributed by atoms with Gasteiger partial charge in [-0.05, 0) is 122 Å². The van der Waals surface area contributed by atoms with E-state index in [0.717, 1.165) is 50.7 Å². The molecule has 0 fully saturated rings. The van der Waals surface area contributed by atoms with Gasteiger partial charge in [-0.3, -0.25) is 4.57 Å². The lowest BCUT2D eigenvalue weighted by Gasteiger charge is -2.36. The van der Waals surface area contributed by atoms with Crippen LogP contribution >= 0.6 is 0 Å². The molecule has 61 heavy (non-hydrogen) atoms. The number of benzene rings is 9. The van der Waals surface area contributed by atoms with E-state index >= 15 is 0 Å². The second-order valence-electron chi connectivity index (χ2n) is 15.9. The Labute approximate surface area is 355 Å². The van der Waals surface area contributed by atoms with Crippen molar-refractivity contribution in [1.82, 2.24) is 9.55 Å². The monoisotopic (exact) mass is 777 g/mol. The van der Waals surface area contributed by atoms with Crippen LogP contribution in [0.1, 0.15) is 33.4 Å². The number of para-hydroxylation sites is 5. The van der Waals surface area contributed by atoms with Crippen molar-refractivity contribution in [2.75, 3.05) is 4.90 Å². The predicted octanol–water partition coefficient (Wildman–Crippen LogP) is 14.7. The molecule has 10 aromatic rings. The first-order chi connectivity index (χ1) is 30.3. The molecule has 0 aliphatic heterocycles. The summed E-state index contributed by atoms with van der Waals surface area (Å²) >= 11 is 0. The minimum Gasteiger partial charge on any atom is -0.310 e. The van der Waals surface area contributed by atoms with Crippen LogP contribution in [0.2, 0.25) is 0 Å². The number of hydrogen-bond donors (Lipinski definition) is 0. The maximum Gasteiger partial charge on any atom is 0.145 e. The van der Waals surface area contributed by atoms with E-state index in [9.17, 15) is 0 Å². The lowest BCUT2D eigenvalue weighted by Crippen LogP contribution is -2.30. The highest BCUT2D eigenvalue weighted by atomic mass is 15.1. The lowest BCUT2D eigenvalue weighted by atomic mass is 9.65. The first-order valence-electron chi connectivity index (χ1n) is 21.0. The summed E-state index contributed by atoms with van der Waals surface area (Å²) in [6.45, 7) is 0. The minimum absolute atomic E-state index is 0.590. The fourth-order valence-corrected chi connectivity index (χ4v) is 9.97. The van der Waals surface area contributed by atoms with Gasteiger partial charge in [-0.2, -0.15) is 0 Å². The summed E-state index contributed by atoms with van der Waals surface area (Å²) in [5.74, 6) is 0.927. The van der Waals surface area contributed by atoms with Crippen molar-refractivity contribution in [1.29, 1.82) is 0 Å². The zero-order chi connectivity index (χ0) is 40.3.